The van der Waals surface area contributed by atoms with Crippen molar-refractivity contribution in [3.63, 3.8) is 0 Å². The smallest absolute Gasteiger partial charge is 0.242 e. The van der Waals surface area contributed by atoms with Gasteiger partial charge < -0.3 is 9.41 Å². The van der Waals surface area contributed by atoms with E-state index in [1.165, 1.54) is 16.6 Å². The van der Waals surface area contributed by atoms with Crippen molar-refractivity contribution >= 4 is 26.8 Å². The van der Waals surface area contributed by atoms with Crippen molar-refractivity contribution in [2.45, 2.75) is 13.5 Å². The van der Waals surface area contributed by atoms with Gasteiger partial charge in [-0.2, -0.15) is 0 Å². The Kier molecular flexibility index (Phi) is 2.54. The van der Waals surface area contributed by atoms with Crippen LogP contribution in [0.3, 0.4) is 0 Å². The molecule has 0 spiro atoms. The summed E-state index contributed by atoms with van der Waals surface area (Å²) < 4.78 is 3.20. The van der Waals surface area contributed by atoms with Crippen molar-refractivity contribution in [1.29, 1.82) is 0 Å². The van der Waals surface area contributed by atoms with Crippen LogP contribution in [0.5, 0.6) is 0 Å². The van der Waals surface area contributed by atoms with Gasteiger partial charge in [0.05, 0.1) is 5.56 Å². The van der Waals surface area contributed by atoms with Crippen LogP contribution < -0.4 is 0 Å². The van der Waals surface area contributed by atoms with E-state index in [1.54, 1.807) is 0 Å². The van der Waals surface area contributed by atoms with Gasteiger partial charge in [0.1, 0.15) is 0 Å². The highest BCUT2D eigenvalue weighted by Gasteiger charge is 2.13. The standard InChI is InChI=1S/C12H11BrN2/c1-8-11(7-14-2)10-6-9(13)4-5-12(10)15(8)3/h4-6H,7H2,1,3H3. The van der Waals surface area contributed by atoms with Crippen molar-refractivity contribution < 1.29 is 0 Å². The van der Waals surface area contributed by atoms with Crippen molar-refractivity contribution in [2.24, 2.45) is 7.05 Å². The maximum atomic E-state index is 6.98. The Morgan fingerprint density at radius 2 is 2.20 bits per heavy atom. The Hall–Kier alpha value is -1.27. The summed E-state index contributed by atoms with van der Waals surface area (Å²) in [6.45, 7) is 9.50. The second-order valence-electron chi connectivity index (χ2n) is 3.60. The predicted octanol–water partition coefficient (Wildman–Crippen LogP) is 3.67. The molecular formula is C12H11BrN2. The number of hydrogen-bond donors (Lipinski definition) is 0. The van der Waals surface area contributed by atoms with E-state index in [-0.39, 0.29) is 0 Å². The zero-order chi connectivity index (χ0) is 11.0. The second-order valence-corrected chi connectivity index (χ2v) is 4.52. The molecular weight excluding hydrogens is 252 g/mol. The number of benzene rings is 1. The minimum atomic E-state index is 0.458. The molecule has 0 saturated carbocycles. The van der Waals surface area contributed by atoms with E-state index < -0.39 is 0 Å². The summed E-state index contributed by atoms with van der Waals surface area (Å²) in [6.07, 6.45) is 0. The van der Waals surface area contributed by atoms with E-state index in [1.807, 2.05) is 13.1 Å². The Morgan fingerprint density at radius 1 is 1.47 bits per heavy atom. The Morgan fingerprint density at radius 3 is 2.87 bits per heavy atom. The number of hydrogen-bond acceptors (Lipinski definition) is 0. The third-order valence-electron chi connectivity index (χ3n) is 2.82. The van der Waals surface area contributed by atoms with Crippen LogP contribution >= 0.6 is 15.9 Å². The fourth-order valence-electron chi connectivity index (χ4n) is 1.90. The van der Waals surface area contributed by atoms with Crippen LogP contribution in [0.25, 0.3) is 15.7 Å². The lowest BCUT2D eigenvalue weighted by Gasteiger charge is -1.97. The predicted molar refractivity (Wildman–Crippen MR) is 65.7 cm³/mol. The molecule has 1 aromatic carbocycles. The van der Waals surface area contributed by atoms with Crippen LogP contribution in [-0.4, -0.2) is 4.57 Å². The molecule has 2 rings (SSSR count). The number of rotatable bonds is 1. The lowest BCUT2D eigenvalue weighted by atomic mass is 10.1. The summed E-state index contributed by atoms with van der Waals surface area (Å²) in [7, 11) is 2.04. The minimum absolute atomic E-state index is 0.458. The molecule has 2 aromatic rings. The Bertz CT molecular complexity index is 561. The van der Waals surface area contributed by atoms with Gasteiger partial charge >= 0.3 is 0 Å². The quantitative estimate of drug-likeness (QED) is 0.694. The lowest BCUT2D eigenvalue weighted by molar-refractivity contribution is 0.905. The first-order valence-corrected chi connectivity index (χ1v) is 5.51. The van der Waals surface area contributed by atoms with Crippen molar-refractivity contribution in [1.82, 2.24) is 4.57 Å². The van der Waals surface area contributed by atoms with Crippen LogP contribution in [-0.2, 0) is 13.6 Å². The third kappa shape index (κ3) is 1.55. The second kappa shape index (κ2) is 3.71. The molecule has 0 aliphatic rings. The Balaban J connectivity index is 2.83. The monoisotopic (exact) mass is 262 g/mol. The van der Waals surface area contributed by atoms with Gasteiger partial charge in [-0.05, 0) is 25.1 Å². The molecule has 1 heterocycles. The molecule has 0 atom stereocenters. The molecule has 0 aliphatic heterocycles. The molecule has 76 valence electrons. The third-order valence-corrected chi connectivity index (χ3v) is 3.32. The molecule has 0 fully saturated rings. The molecule has 0 radical (unpaired) electrons. The van der Waals surface area contributed by atoms with E-state index >= 15 is 0 Å². The van der Waals surface area contributed by atoms with E-state index in [9.17, 15) is 0 Å². The molecule has 0 bridgehead atoms. The molecule has 0 N–H and O–H groups in total. The van der Waals surface area contributed by atoms with Crippen molar-refractivity contribution in [3.05, 3.63) is 45.3 Å². The molecule has 0 amide bonds. The van der Waals surface area contributed by atoms with E-state index in [0.29, 0.717) is 6.54 Å². The zero-order valence-electron chi connectivity index (χ0n) is 8.71. The molecule has 2 nitrogen and oxygen atoms in total. The van der Waals surface area contributed by atoms with Crippen LogP contribution in [0.2, 0.25) is 0 Å². The Labute approximate surface area is 97.5 Å². The fraction of sp³-hybridized carbons (Fsp3) is 0.250. The normalized spacial score (nSPS) is 10.5. The molecule has 0 saturated heterocycles. The average Bonchev–Trinajstić information content (AvgIpc) is 2.44. The van der Waals surface area contributed by atoms with E-state index in [4.69, 9.17) is 6.57 Å². The summed E-state index contributed by atoms with van der Waals surface area (Å²) in [5.74, 6) is 0. The van der Waals surface area contributed by atoms with E-state index in [2.05, 4.69) is 44.4 Å². The van der Waals surface area contributed by atoms with Crippen molar-refractivity contribution in [2.75, 3.05) is 0 Å². The summed E-state index contributed by atoms with van der Waals surface area (Å²) >= 11 is 3.46. The highest BCUT2D eigenvalue weighted by atomic mass is 79.9. The average molecular weight is 263 g/mol. The number of fused-ring (bicyclic) bond motifs is 1. The molecule has 15 heavy (non-hydrogen) atoms. The molecule has 3 heteroatoms. The first kappa shape index (κ1) is 10.3. The van der Waals surface area contributed by atoms with Crippen LogP contribution in [0, 0.1) is 13.5 Å². The summed E-state index contributed by atoms with van der Waals surface area (Å²) in [5.41, 5.74) is 3.51. The van der Waals surface area contributed by atoms with Gasteiger partial charge in [0, 0.05) is 28.1 Å². The fourth-order valence-corrected chi connectivity index (χ4v) is 2.26. The van der Waals surface area contributed by atoms with Gasteiger partial charge in [-0.25, -0.2) is 6.57 Å². The SMILES string of the molecule is [C-]#[N+]Cc1c(C)n(C)c2ccc(Br)cc12. The highest BCUT2D eigenvalue weighted by molar-refractivity contribution is 9.10. The van der Waals surface area contributed by atoms with E-state index in [0.717, 1.165) is 10.0 Å². The van der Waals surface area contributed by atoms with Gasteiger partial charge in [-0.1, -0.05) is 15.9 Å². The van der Waals surface area contributed by atoms with Crippen molar-refractivity contribution in [3.8, 4) is 0 Å². The van der Waals surface area contributed by atoms with Crippen LogP contribution in [0.1, 0.15) is 11.3 Å². The minimum Gasteiger partial charge on any atom is -0.347 e. The maximum Gasteiger partial charge on any atom is 0.242 e. The number of nitrogens with zero attached hydrogens (tertiary/aromatic N) is 2. The number of halogens is 1. The molecule has 1 aromatic heterocycles. The first-order chi connectivity index (χ1) is 7.15. The van der Waals surface area contributed by atoms with Gasteiger partial charge in [-0.3, -0.25) is 0 Å². The molecule has 0 aliphatic carbocycles. The van der Waals surface area contributed by atoms with Crippen LogP contribution in [0.4, 0.5) is 0 Å². The maximum absolute atomic E-state index is 6.98. The van der Waals surface area contributed by atoms with Gasteiger partial charge in [0.2, 0.25) is 6.54 Å². The molecule has 0 unspecified atom stereocenters. The largest absolute Gasteiger partial charge is 0.347 e. The summed E-state index contributed by atoms with van der Waals surface area (Å²) in [6, 6.07) is 6.20. The summed E-state index contributed by atoms with van der Waals surface area (Å²) in [5, 5.41) is 1.18. The zero-order valence-corrected chi connectivity index (χ0v) is 10.3. The van der Waals surface area contributed by atoms with Crippen LogP contribution in [0.15, 0.2) is 22.7 Å². The van der Waals surface area contributed by atoms with Gasteiger partial charge in [0.25, 0.3) is 0 Å². The lowest BCUT2D eigenvalue weighted by Crippen LogP contribution is -1.91. The van der Waals surface area contributed by atoms with Gasteiger partial charge in [0.15, 0.2) is 0 Å². The number of aromatic nitrogens is 1. The topological polar surface area (TPSA) is 9.29 Å². The highest BCUT2D eigenvalue weighted by Crippen LogP contribution is 2.28. The summed E-state index contributed by atoms with van der Waals surface area (Å²) in [4.78, 5) is 3.48. The number of aryl methyl sites for hydroxylation is 1. The first-order valence-electron chi connectivity index (χ1n) is 4.71. The van der Waals surface area contributed by atoms with Gasteiger partial charge in [-0.15, -0.1) is 0 Å².